The van der Waals surface area contributed by atoms with Crippen LogP contribution in [0, 0.1) is 5.92 Å². The lowest BCUT2D eigenvalue weighted by Crippen LogP contribution is -2.39. The maximum absolute atomic E-state index is 13.0. The fourth-order valence-electron chi connectivity index (χ4n) is 3.53. The van der Waals surface area contributed by atoms with E-state index in [4.69, 9.17) is 0 Å². The first kappa shape index (κ1) is 16.7. The third kappa shape index (κ3) is 3.22. The third-order valence-electron chi connectivity index (χ3n) is 5.09. The first-order valence-corrected chi connectivity index (χ1v) is 8.64. The number of rotatable bonds is 4. The van der Waals surface area contributed by atoms with Gasteiger partial charge in [0.05, 0.1) is 11.1 Å². The minimum Gasteiger partial charge on any atom is -0.339 e. The van der Waals surface area contributed by atoms with Gasteiger partial charge in [-0.15, -0.1) is 0 Å². The molecule has 1 aliphatic rings. The van der Waals surface area contributed by atoms with Crippen molar-refractivity contribution in [3.05, 3.63) is 46.2 Å². The van der Waals surface area contributed by atoms with Crippen LogP contribution in [0.3, 0.4) is 0 Å². The van der Waals surface area contributed by atoms with E-state index in [0.29, 0.717) is 11.5 Å². The van der Waals surface area contributed by atoms with Gasteiger partial charge in [-0.25, -0.2) is 0 Å². The number of piperidine rings is 1. The number of aryl methyl sites for hydroxylation is 1. The molecule has 1 aromatic heterocycles. The third-order valence-corrected chi connectivity index (χ3v) is 5.09. The standard InChI is InChI=1S/C19H25N3O2/c1-20-10-7-14-8-11-22(12-9-14)19(24)16-13-18(23)21(2)17-6-4-3-5-15(16)17/h3-6,13-14,20H,7-12H2,1-2H3. The Labute approximate surface area is 142 Å². The Kier molecular flexibility index (Phi) is 5.00. The lowest BCUT2D eigenvalue weighted by Gasteiger charge is -2.32. The smallest absolute Gasteiger partial charge is 0.254 e. The van der Waals surface area contributed by atoms with Gasteiger partial charge >= 0.3 is 0 Å². The minimum absolute atomic E-state index is 0.0176. The molecule has 1 amide bonds. The van der Waals surface area contributed by atoms with Gasteiger partial charge in [0.1, 0.15) is 0 Å². The summed E-state index contributed by atoms with van der Waals surface area (Å²) >= 11 is 0. The number of benzene rings is 1. The second-order valence-corrected chi connectivity index (χ2v) is 6.60. The van der Waals surface area contributed by atoms with E-state index >= 15 is 0 Å². The van der Waals surface area contributed by atoms with Crippen molar-refractivity contribution in [3.8, 4) is 0 Å². The topological polar surface area (TPSA) is 54.3 Å². The van der Waals surface area contributed by atoms with Gasteiger partial charge in [0, 0.05) is 31.6 Å². The number of fused-ring (bicyclic) bond motifs is 1. The Morgan fingerprint density at radius 3 is 2.67 bits per heavy atom. The highest BCUT2D eigenvalue weighted by atomic mass is 16.2. The molecule has 0 unspecified atom stereocenters. The molecule has 0 radical (unpaired) electrons. The van der Waals surface area contributed by atoms with Crippen LogP contribution < -0.4 is 10.9 Å². The zero-order chi connectivity index (χ0) is 17.1. The van der Waals surface area contributed by atoms with E-state index in [1.807, 2.05) is 36.2 Å². The highest BCUT2D eigenvalue weighted by Gasteiger charge is 2.25. The molecule has 5 heteroatoms. The lowest BCUT2D eigenvalue weighted by molar-refractivity contribution is 0.0689. The number of amides is 1. The normalized spacial score (nSPS) is 15.8. The van der Waals surface area contributed by atoms with Crippen LogP contribution in [-0.4, -0.2) is 42.1 Å². The van der Waals surface area contributed by atoms with Crippen LogP contribution in [0.4, 0.5) is 0 Å². The Morgan fingerprint density at radius 1 is 1.25 bits per heavy atom. The average Bonchev–Trinajstić information content (AvgIpc) is 2.63. The van der Waals surface area contributed by atoms with E-state index in [1.165, 1.54) is 6.07 Å². The monoisotopic (exact) mass is 327 g/mol. The van der Waals surface area contributed by atoms with Crippen LogP contribution in [0.2, 0.25) is 0 Å². The molecule has 0 bridgehead atoms. The molecule has 5 nitrogen and oxygen atoms in total. The summed E-state index contributed by atoms with van der Waals surface area (Å²) in [4.78, 5) is 27.1. The molecule has 0 spiro atoms. The summed E-state index contributed by atoms with van der Waals surface area (Å²) in [5.41, 5.74) is 1.19. The Hall–Kier alpha value is -2.14. The van der Waals surface area contributed by atoms with Gasteiger partial charge in [-0.3, -0.25) is 9.59 Å². The van der Waals surface area contributed by atoms with Gasteiger partial charge in [0.25, 0.3) is 11.5 Å². The second kappa shape index (κ2) is 7.18. The van der Waals surface area contributed by atoms with E-state index in [-0.39, 0.29) is 11.5 Å². The number of pyridine rings is 1. The molecule has 2 heterocycles. The van der Waals surface area contributed by atoms with Crippen LogP contribution in [0.15, 0.2) is 35.1 Å². The van der Waals surface area contributed by atoms with Crippen molar-refractivity contribution in [1.82, 2.24) is 14.8 Å². The zero-order valence-corrected chi connectivity index (χ0v) is 14.4. The largest absolute Gasteiger partial charge is 0.339 e. The Bertz CT molecular complexity index is 789. The molecule has 24 heavy (non-hydrogen) atoms. The second-order valence-electron chi connectivity index (χ2n) is 6.60. The molecular formula is C19H25N3O2. The molecule has 0 aliphatic carbocycles. The van der Waals surface area contributed by atoms with E-state index in [2.05, 4.69) is 5.32 Å². The summed E-state index contributed by atoms with van der Waals surface area (Å²) in [5, 5.41) is 4.04. The average molecular weight is 327 g/mol. The molecule has 1 aromatic carbocycles. The van der Waals surface area contributed by atoms with Crippen LogP contribution in [0.5, 0.6) is 0 Å². The summed E-state index contributed by atoms with van der Waals surface area (Å²) in [6, 6.07) is 9.09. The van der Waals surface area contributed by atoms with E-state index in [0.717, 1.165) is 49.8 Å². The number of nitrogens with one attached hydrogen (secondary N) is 1. The number of hydrogen-bond acceptors (Lipinski definition) is 3. The van der Waals surface area contributed by atoms with Crippen molar-refractivity contribution in [2.24, 2.45) is 13.0 Å². The highest BCUT2D eigenvalue weighted by molar-refractivity contribution is 6.06. The molecule has 0 atom stereocenters. The minimum atomic E-state index is -0.138. The Morgan fingerprint density at radius 2 is 1.96 bits per heavy atom. The summed E-state index contributed by atoms with van der Waals surface area (Å²) < 4.78 is 1.59. The fourth-order valence-corrected chi connectivity index (χ4v) is 3.53. The first-order valence-electron chi connectivity index (χ1n) is 8.64. The van der Waals surface area contributed by atoms with Crippen LogP contribution in [-0.2, 0) is 7.05 Å². The summed E-state index contributed by atoms with van der Waals surface area (Å²) in [7, 11) is 3.71. The molecular weight excluding hydrogens is 302 g/mol. The molecule has 1 N–H and O–H groups in total. The van der Waals surface area contributed by atoms with Crippen LogP contribution >= 0.6 is 0 Å². The van der Waals surface area contributed by atoms with Gasteiger partial charge in [-0.1, -0.05) is 18.2 Å². The number of para-hydroxylation sites is 1. The molecule has 3 rings (SSSR count). The van der Waals surface area contributed by atoms with Crippen molar-refractivity contribution < 1.29 is 4.79 Å². The number of carbonyl (C=O) groups excluding carboxylic acids is 1. The SMILES string of the molecule is CNCCC1CCN(C(=O)c2cc(=O)n(C)c3ccccc23)CC1. The molecule has 0 saturated carbocycles. The van der Waals surface area contributed by atoms with E-state index in [9.17, 15) is 9.59 Å². The van der Waals surface area contributed by atoms with E-state index in [1.54, 1.807) is 11.6 Å². The predicted molar refractivity (Wildman–Crippen MR) is 96.4 cm³/mol. The number of carbonyl (C=O) groups is 1. The number of nitrogens with zero attached hydrogens (tertiary/aromatic N) is 2. The van der Waals surface area contributed by atoms with Crippen molar-refractivity contribution in [2.75, 3.05) is 26.7 Å². The highest BCUT2D eigenvalue weighted by Crippen LogP contribution is 2.23. The molecule has 128 valence electrons. The van der Waals surface area contributed by atoms with Gasteiger partial charge in [0.2, 0.25) is 0 Å². The maximum atomic E-state index is 13.0. The quantitative estimate of drug-likeness (QED) is 0.934. The Balaban J connectivity index is 1.83. The number of likely N-dealkylation sites (tertiary alicyclic amines) is 1. The summed E-state index contributed by atoms with van der Waals surface area (Å²) in [5.74, 6) is 0.665. The molecule has 1 fully saturated rings. The van der Waals surface area contributed by atoms with Crippen molar-refractivity contribution in [1.29, 1.82) is 0 Å². The fraction of sp³-hybridized carbons (Fsp3) is 0.474. The number of aromatic nitrogens is 1. The summed E-state index contributed by atoms with van der Waals surface area (Å²) in [6.45, 7) is 2.57. The van der Waals surface area contributed by atoms with Gasteiger partial charge in [-0.05, 0) is 44.8 Å². The van der Waals surface area contributed by atoms with Crippen molar-refractivity contribution >= 4 is 16.8 Å². The van der Waals surface area contributed by atoms with Crippen LogP contribution in [0.1, 0.15) is 29.6 Å². The summed E-state index contributed by atoms with van der Waals surface area (Å²) in [6.07, 6.45) is 3.24. The van der Waals surface area contributed by atoms with Gasteiger partial charge in [0.15, 0.2) is 0 Å². The lowest BCUT2D eigenvalue weighted by atomic mass is 9.93. The first-order chi connectivity index (χ1) is 11.6. The van der Waals surface area contributed by atoms with Gasteiger partial charge < -0.3 is 14.8 Å². The number of hydrogen-bond donors (Lipinski definition) is 1. The maximum Gasteiger partial charge on any atom is 0.254 e. The van der Waals surface area contributed by atoms with Crippen LogP contribution in [0.25, 0.3) is 10.9 Å². The van der Waals surface area contributed by atoms with Gasteiger partial charge in [-0.2, -0.15) is 0 Å². The molecule has 1 saturated heterocycles. The molecule has 1 aliphatic heterocycles. The molecule has 2 aromatic rings. The van der Waals surface area contributed by atoms with Crippen molar-refractivity contribution in [3.63, 3.8) is 0 Å². The van der Waals surface area contributed by atoms with Crippen molar-refractivity contribution in [2.45, 2.75) is 19.3 Å². The predicted octanol–water partition coefficient (Wildman–Crippen LogP) is 2.00. The van der Waals surface area contributed by atoms with E-state index < -0.39 is 0 Å². The zero-order valence-electron chi connectivity index (χ0n) is 14.4.